The standard InChI is InChI=1S/C16H27N5O/c1-6-17-13-11-12(2)18-15(19-13)21-9-7-20(8-10-21)14(22)16(3,4)5/h11H,6-10H2,1-5H3,(H,17,18,19). The number of carbonyl (C=O) groups is 1. The van der Waals surface area contributed by atoms with Crippen LogP contribution in [-0.4, -0.2) is 53.5 Å². The predicted molar refractivity (Wildman–Crippen MR) is 89.2 cm³/mol. The van der Waals surface area contributed by atoms with Gasteiger partial charge in [0.05, 0.1) is 0 Å². The number of amides is 1. The molecule has 1 amide bonds. The van der Waals surface area contributed by atoms with Crippen LogP contribution in [-0.2, 0) is 4.79 Å². The predicted octanol–water partition coefficient (Wildman–Crippen LogP) is 1.91. The Kier molecular flexibility index (Phi) is 4.88. The van der Waals surface area contributed by atoms with E-state index in [2.05, 4.69) is 20.2 Å². The maximum atomic E-state index is 12.3. The molecule has 0 aliphatic carbocycles. The van der Waals surface area contributed by atoms with E-state index in [0.717, 1.165) is 50.2 Å². The minimum atomic E-state index is -0.319. The van der Waals surface area contributed by atoms with Crippen LogP contribution in [0.25, 0.3) is 0 Å². The van der Waals surface area contributed by atoms with Crippen molar-refractivity contribution < 1.29 is 4.79 Å². The van der Waals surface area contributed by atoms with Gasteiger partial charge < -0.3 is 15.1 Å². The molecule has 6 nitrogen and oxygen atoms in total. The Hall–Kier alpha value is -1.85. The molecule has 0 saturated carbocycles. The molecule has 1 aliphatic heterocycles. The highest BCUT2D eigenvalue weighted by Crippen LogP contribution is 2.20. The summed E-state index contributed by atoms with van der Waals surface area (Å²) in [6.07, 6.45) is 0. The van der Waals surface area contributed by atoms with Gasteiger partial charge in [-0.2, -0.15) is 4.98 Å². The van der Waals surface area contributed by atoms with E-state index >= 15 is 0 Å². The van der Waals surface area contributed by atoms with Crippen LogP contribution in [0.1, 0.15) is 33.4 Å². The number of hydrogen-bond acceptors (Lipinski definition) is 5. The van der Waals surface area contributed by atoms with Crippen LogP contribution < -0.4 is 10.2 Å². The topological polar surface area (TPSA) is 61.4 Å². The first-order valence-electron chi connectivity index (χ1n) is 7.95. The summed E-state index contributed by atoms with van der Waals surface area (Å²) in [5, 5.41) is 3.23. The third kappa shape index (κ3) is 3.87. The fraction of sp³-hybridized carbons (Fsp3) is 0.688. The maximum absolute atomic E-state index is 12.3. The second-order valence-corrected chi connectivity index (χ2v) is 6.75. The second-order valence-electron chi connectivity index (χ2n) is 6.75. The number of hydrogen-bond donors (Lipinski definition) is 1. The van der Waals surface area contributed by atoms with Crippen LogP contribution >= 0.6 is 0 Å². The van der Waals surface area contributed by atoms with Crippen LogP contribution in [0.3, 0.4) is 0 Å². The molecule has 0 bridgehead atoms. The molecule has 2 rings (SSSR count). The normalized spacial score (nSPS) is 15.9. The van der Waals surface area contributed by atoms with E-state index in [9.17, 15) is 4.79 Å². The summed E-state index contributed by atoms with van der Waals surface area (Å²) >= 11 is 0. The molecular formula is C16H27N5O. The Morgan fingerprint density at radius 2 is 1.86 bits per heavy atom. The fourth-order valence-electron chi connectivity index (χ4n) is 2.55. The summed E-state index contributed by atoms with van der Waals surface area (Å²) in [5.41, 5.74) is 0.634. The molecule has 1 saturated heterocycles. The van der Waals surface area contributed by atoms with Crippen molar-refractivity contribution in [3.63, 3.8) is 0 Å². The molecule has 22 heavy (non-hydrogen) atoms. The van der Waals surface area contributed by atoms with Crippen molar-refractivity contribution in [2.24, 2.45) is 5.41 Å². The number of aryl methyl sites for hydroxylation is 1. The molecule has 1 aromatic rings. The average Bonchev–Trinajstić information content (AvgIpc) is 2.45. The Bertz CT molecular complexity index is 530. The van der Waals surface area contributed by atoms with Crippen molar-refractivity contribution in [2.75, 3.05) is 42.9 Å². The number of anilines is 2. The van der Waals surface area contributed by atoms with Gasteiger partial charge in [-0.1, -0.05) is 20.8 Å². The van der Waals surface area contributed by atoms with E-state index in [-0.39, 0.29) is 11.3 Å². The van der Waals surface area contributed by atoms with Crippen molar-refractivity contribution in [3.8, 4) is 0 Å². The third-order valence-corrected chi connectivity index (χ3v) is 3.69. The van der Waals surface area contributed by atoms with Crippen molar-refractivity contribution in [1.82, 2.24) is 14.9 Å². The molecule has 2 heterocycles. The smallest absolute Gasteiger partial charge is 0.228 e. The number of rotatable bonds is 3. The largest absolute Gasteiger partial charge is 0.370 e. The fourth-order valence-corrected chi connectivity index (χ4v) is 2.55. The Balaban J connectivity index is 2.04. The van der Waals surface area contributed by atoms with Gasteiger partial charge in [-0.05, 0) is 13.8 Å². The molecule has 0 radical (unpaired) electrons. The van der Waals surface area contributed by atoms with E-state index in [1.165, 1.54) is 0 Å². The second kappa shape index (κ2) is 6.50. The SMILES string of the molecule is CCNc1cc(C)nc(N2CCN(C(=O)C(C)(C)C)CC2)n1. The van der Waals surface area contributed by atoms with E-state index in [1.54, 1.807) is 0 Å². The third-order valence-electron chi connectivity index (χ3n) is 3.69. The molecule has 0 aromatic carbocycles. The summed E-state index contributed by atoms with van der Waals surface area (Å²) in [6.45, 7) is 13.8. The molecule has 1 aliphatic rings. The lowest BCUT2D eigenvalue weighted by Gasteiger charge is -2.37. The molecule has 1 fully saturated rings. The Morgan fingerprint density at radius 3 is 2.41 bits per heavy atom. The number of nitrogens with zero attached hydrogens (tertiary/aromatic N) is 4. The molecule has 0 spiro atoms. The molecule has 122 valence electrons. The van der Waals surface area contributed by atoms with Gasteiger partial charge in [-0.15, -0.1) is 0 Å². The number of carbonyl (C=O) groups excluding carboxylic acids is 1. The van der Waals surface area contributed by atoms with Crippen molar-refractivity contribution in [3.05, 3.63) is 11.8 Å². The van der Waals surface area contributed by atoms with Crippen molar-refractivity contribution in [2.45, 2.75) is 34.6 Å². The highest BCUT2D eigenvalue weighted by Gasteiger charge is 2.30. The average molecular weight is 305 g/mol. The summed E-state index contributed by atoms with van der Waals surface area (Å²) in [7, 11) is 0. The minimum absolute atomic E-state index is 0.214. The van der Waals surface area contributed by atoms with Crippen molar-refractivity contribution in [1.29, 1.82) is 0 Å². The molecule has 0 unspecified atom stereocenters. The maximum Gasteiger partial charge on any atom is 0.228 e. The zero-order chi connectivity index (χ0) is 16.3. The first-order valence-corrected chi connectivity index (χ1v) is 7.95. The van der Waals surface area contributed by atoms with E-state index in [0.29, 0.717) is 0 Å². The highest BCUT2D eigenvalue weighted by atomic mass is 16.2. The summed E-state index contributed by atoms with van der Waals surface area (Å²) in [5.74, 6) is 1.82. The van der Waals surface area contributed by atoms with Gasteiger partial charge in [0.15, 0.2) is 0 Å². The first-order chi connectivity index (χ1) is 10.3. The zero-order valence-corrected chi connectivity index (χ0v) is 14.3. The lowest BCUT2D eigenvalue weighted by atomic mass is 9.94. The van der Waals surface area contributed by atoms with Gasteiger partial charge in [0.2, 0.25) is 11.9 Å². The van der Waals surface area contributed by atoms with Gasteiger partial charge in [-0.3, -0.25) is 4.79 Å². The Morgan fingerprint density at radius 1 is 1.23 bits per heavy atom. The summed E-state index contributed by atoms with van der Waals surface area (Å²) in [6, 6.07) is 1.95. The van der Waals surface area contributed by atoms with Crippen LogP contribution in [0.5, 0.6) is 0 Å². The van der Waals surface area contributed by atoms with Crippen LogP contribution in [0.2, 0.25) is 0 Å². The lowest BCUT2D eigenvalue weighted by Crippen LogP contribution is -2.52. The number of piperazine rings is 1. The van der Waals surface area contributed by atoms with Crippen LogP contribution in [0.15, 0.2) is 6.07 Å². The van der Waals surface area contributed by atoms with Gasteiger partial charge in [-0.25, -0.2) is 4.98 Å². The van der Waals surface area contributed by atoms with E-state index < -0.39 is 0 Å². The summed E-state index contributed by atoms with van der Waals surface area (Å²) in [4.78, 5) is 25.5. The highest BCUT2D eigenvalue weighted by molar-refractivity contribution is 5.81. The van der Waals surface area contributed by atoms with E-state index in [1.807, 2.05) is 45.6 Å². The van der Waals surface area contributed by atoms with Crippen LogP contribution in [0.4, 0.5) is 11.8 Å². The van der Waals surface area contributed by atoms with Crippen LogP contribution in [0, 0.1) is 12.3 Å². The van der Waals surface area contributed by atoms with Gasteiger partial charge in [0, 0.05) is 49.9 Å². The summed E-state index contributed by atoms with van der Waals surface area (Å²) < 4.78 is 0. The molecule has 1 aromatic heterocycles. The molecular weight excluding hydrogens is 278 g/mol. The quantitative estimate of drug-likeness (QED) is 0.924. The lowest BCUT2D eigenvalue weighted by molar-refractivity contribution is -0.139. The molecule has 6 heteroatoms. The Labute approximate surface area is 132 Å². The van der Waals surface area contributed by atoms with Crippen molar-refractivity contribution >= 4 is 17.7 Å². The molecule has 0 atom stereocenters. The number of aromatic nitrogens is 2. The van der Waals surface area contributed by atoms with E-state index in [4.69, 9.17) is 0 Å². The van der Waals surface area contributed by atoms with Gasteiger partial charge >= 0.3 is 0 Å². The van der Waals surface area contributed by atoms with Gasteiger partial charge in [0.25, 0.3) is 0 Å². The monoisotopic (exact) mass is 305 g/mol. The molecule has 1 N–H and O–H groups in total. The van der Waals surface area contributed by atoms with Gasteiger partial charge in [0.1, 0.15) is 5.82 Å². The first kappa shape index (κ1) is 16.5. The zero-order valence-electron chi connectivity index (χ0n) is 14.3. The minimum Gasteiger partial charge on any atom is -0.370 e. The number of nitrogens with one attached hydrogen (secondary N) is 1.